The highest BCUT2D eigenvalue weighted by atomic mass is 16.5. The van der Waals surface area contributed by atoms with Gasteiger partial charge in [0.05, 0.1) is 19.8 Å². The molecular weight excluding hydrogens is 168 g/mol. The molecule has 13 heavy (non-hydrogen) atoms. The first kappa shape index (κ1) is 10.9. The Hall–Kier alpha value is -0.160. The second-order valence-electron chi connectivity index (χ2n) is 3.41. The summed E-state index contributed by atoms with van der Waals surface area (Å²) in [7, 11) is 2.01. The zero-order chi connectivity index (χ0) is 9.52. The topological polar surface area (TPSA) is 44.7 Å². The van der Waals surface area contributed by atoms with Crippen LogP contribution in [0, 0.1) is 0 Å². The molecule has 4 heteroatoms. The van der Waals surface area contributed by atoms with Crippen LogP contribution < -0.4 is 5.32 Å². The van der Waals surface area contributed by atoms with Gasteiger partial charge in [-0.3, -0.25) is 4.90 Å². The second-order valence-corrected chi connectivity index (χ2v) is 3.41. The van der Waals surface area contributed by atoms with Crippen LogP contribution in [0.1, 0.15) is 6.42 Å². The van der Waals surface area contributed by atoms with Crippen LogP contribution in [0.25, 0.3) is 0 Å². The molecule has 1 aliphatic heterocycles. The number of aliphatic hydroxyl groups is 1. The second kappa shape index (κ2) is 6.32. The van der Waals surface area contributed by atoms with Crippen molar-refractivity contribution in [3.63, 3.8) is 0 Å². The molecule has 0 saturated carbocycles. The maximum atomic E-state index is 8.49. The Morgan fingerprint density at radius 1 is 1.54 bits per heavy atom. The summed E-state index contributed by atoms with van der Waals surface area (Å²) < 4.78 is 5.20. The molecule has 0 amide bonds. The van der Waals surface area contributed by atoms with Gasteiger partial charge >= 0.3 is 0 Å². The molecule has 1 rings (SSSR count). The fourth-order valence-corrected chi connectivity index (χ4v) is 1.63. The van der Waals surface area contributed by atoms with Crippen LogP contribution in [0.2, 0.25) is 0 Å². The van der Waals surface area contributed by atoms with E-state index in [1.165, 1.54) is 6.42 Å². The zero-order valence-electron chi connectivity index (χ0n) is 8.33. The molecule has 0 radical (unpaired) electrons. The van der Waals surface area contributed by atoms with Gasteiger partial charge in [-0.2, -0.15) is 0 Å². The Morgan fingerprint density at radius 3 is 3.00 bits per heavy atom. The summed E-state index contributed by atoms with van der Waals surface area (Å²) in [6.45, 7) is 4.59. The molecule has 0 aromatic carbocycles. The van der Waals surface area contributed by atoms with Gasteiger partial charge < -0.3 is 15.2 Å². The van der Waals surface area contributed by atoms with Crippen molar-refractivity contribution in [1.82, 2.24) is 10.2 Å². The zero-order valence-corrected chi connectivity index (χ0v) is 8.33. The first-order valence-electron chi connectivity index (χ1n) is 4.95. The fourth-order valence-electron chi connectivity index (χ4n) is 1.63. The highest BCUT2D eigenvalue weighted by Crippen LogP contribution is 2.07. The van der Waals surface area contributed by atoms with Gasteiger partial charge in [-0.05, 0) is 20.0 Å². The lowest BCUT2D eigenvalue weighted by Crippen LogP contribution is -2.31. The number of hydrogen-bond acceptors (Lipinski definition) is 4. The van der Waals surface area contributed by atoms with Gasteiger partial charge in [0.2, 0.25) is 0 Å². The van der Waals surface area contributed by atoms with E-state index in [9.17, 15) is 0 Å². The van der Waals surface area contributed by atoms with Crippen molar-refractivity contribution >= 4 is 0 Å². The predicted octanol–water partition coefficient (Wildman–Crippen LogP) is -0.711. The average molecular weight is 188 g/mol. The van der Waals surface area contributed by atoms with E-state index in [0.29, 0.717) is 12.6 Å². The van der Waals surface area contributed by atoms with E-state index >= 15 is 0 Å². The maximum absolute atomic E-state index is 8.49. The van der Waals surface area contributed by atoms with Crippen molar-refractivity contribution in [2.75, 3.05) is 46.5 Å². The van der Waals surface area contributed by atoms with E-state index in [1.54, 1.807) is 0 Å². The molecule has 1 unspecified atom stereocenters. The standard InChI is InChI=1S/C9H20N2O2/c1-10-9-2-3-11(8-9)4-6-13-7-5-12/h9-10,12H,2-8H2,1H3. The third kappa shape index (κ3) is 4.04. The van der Waals surface area contributed by atoms with Crippen LogP contribution in [-0.4, -0.2) is 62.6 Å². The van der Waals surface area contributed by atoms with Crippen LogP contribution >= 0.6 is 0 Å². The normalized spacial score (nSPS) is 24.0. The Labute approximate surface area is 79.9 Å². The number of likely N-dealkylation sites (tertiary alicyclic amines) is 1. The number of hydrogen-bond donors (Lipinski definition) is 2. The monoisotopic (exact) mass is 188 g/mol. The van der Waals surface area contributed by atoms with Crippen molar-refractivity contribution in [2.24, 2.45) is 0 Å². The molecular formula is C9H20N2O2. The van der Waals surface area contributed by atoms with E-state index < -0.39 is 0 Å². The van der Waals surface area contributed by atoms with E-state index in [4.69, 9.17) is 9.84 Å². The molecule has 1 saturated heterocycles. The Kier molecular flexibility index (Phi) is 5.31. The van der Waals surface area contributed by atoms with E-state index in [-0.39, 0.29) is 6.61 Å². The number of rotatable bonds is 6. The highest BCUT2D eigenvalue weighted by molar-refractivity contribution is 4.79. The predicted molar refractivity (Wildman–Crippen MR) is 51.8 cm³/mol. The van der Waals surface area contributed by atoms with Gasteiger partial charge in [-0.25, -0.2) is 0 Å². The molecule has 2 N–H and O–H groups in total. The largest absolute Gasteiger partial charge is 0.394 e. The summed E-state index contributed by atoms with van der Waals surface area (Å²) >= 11 is 0. The fraction of sp³-hybridized carbons (Fsp3) is 1.00. The Bertz CT molecular complexity index is 133. The molecule has 0 aromatic rings. The van der Waals surface area contributed by atoms with E-state index in [2.05, 4.69) is 10.2 Å². The number of ether oxygens (including phenoxy) is 1. The summed E-state index contributed by atoms with van der Waals surface area (Å²) in [5.41, 5.74) is 0. The molecule has 1 fully saturated rings. The Morgan fingerprint density at radius 2 is 2.38 bits per heavy atom. The van der Waals surface area contributed by atoms with Crippen LogP contribution in [0.15, 0.2) is 0 Å². The lowest BCUT2D eigenvalue weighted by Gasteiger charge is -2.15. The summed E-state index contributed by atoms with van der Waals surface area (Å²) in [5, 5.41) is 11.8. The van der Waals surface area contributed by atoms with Crippen molar-refractivity contribution < 1.29 is 9.84 Å². The minimum absolute atomic E-state index is 0.124. The molecule has 0 spiro atoms. The van der Waals surface area contributed by atoms with Gasteiger partial charge in [0.25, 0.3) is 0 Å². The summed E-state index contributed by atoms with van der Waals surface area (Å²) in [5.74, 6) is 0. The van der Waals surface area contributed by atoms with E-state index in [0.717, 1.165) is 26.2 Å². The van der Waals surface area contributed by atoms with Crippen molar-refractivity contribution in [1.29, 1.82) is 0 Å². The smallest absolute Gasteiger partial charge is 0.0698 e. The lowest BCUT2D eigenvalue weighted by atomic mass is 10.3. The molecule has 1 atom stereocenters. The van der Waals surface area contributed by atoms with Crippen molar-refractivity contribution in [3.8, 4) is 0 Å². The number of likely N-dealkylation sites (N-methyl/N-ethyl adjacent to an activating group) is 1. The van der Waals surface area contributed by atoms with Crippen LogP contribution in [0.5, 0.6) is 0 Å². The van der Waals surface area contributed by atoms with Crippen molar-refractivity contribution in [2.45, 2.75) is 12.5 Å². The van der Waals surface area contributed by atoms with E-state index in [1.807, 2.05) is 7.05 Å². The summed E-state index contributed by atoms with van der Waals surface area (Å²) in [4.78, 5) is 2.39. The number of nitrogens with zero attached hydrogens (tertiary/aromatic N) is 1. The molecule has 78 valence electrons. The van der Waals surface area contributed by atoms with Gasteiger partial charge in [-0.1, -0.05) is 0 Å². The third-order valence-corrected chi connectivity index (χ3v) is 2.47. The van der Waals surface area contributed by atoms with Crippen molar-refractivity contribution in [3.05, 3.63) is 0 Å². The number of aliphatic hydroxyl groups excluding tert-OH is 1. The molecule has 1 heterocycles. The Balaban J connectivity index is 1.97. The first-order chi connectivity index (χ1) is 6.36. The van der Waals surface area contributed by atoms with Crippen LogP contribution in [-0.2, 0) is 4.74 Å². The molecule has 0 bridgehead atoms. The minimum atomic E-state index is 0.124. The molecule has 0 aromatic heterocycles. The molecule has 4 nitrogen and oxygen atoms in total. The molecule has 1 aliphatic rings. The van der Waals surface area contributed by atoms with Gasteiger partial charge in [0.1, 0.15) is 0 Å². The third-order valence-electron chi connectivity index (χ3n) is 2.47. The highest BCUT2D eigenvalue weighted by Gasteiger charge is 2.19. The molecule has 0 aliphatic carbocycles. The van der Waals surface area contributed by atoms with Gasteiger partial charge in [-0.15, -0.1) is 0 Å². The van der Waals surface area contributed by atoms with Gasteiger partial charge in [0, 0.05) is 19.1 Å². The maximum Gasteiger partial charge on any atom is 0.0698 e. The number of nitrogens with one attached hydrogen (secondary N) is 1. The van der Waals surface area contributed by atoms with Gasteiger partial charge in [0.15, 0.2) is 0 Å². The lowest BCUT2D eigenvalue weighted by molar-refractivity contribution is 0.0778. The summed E-state index contributed by atoms with van der Waals surface area (Å²) in [6, 6.07) is 0.651. The summed E-state index contributed by atoms with van der Waals surface area (Å²) in [6.07, 6.45) is 1.23. The SMILES string of the molecule is CNC1CCN(CCOCCO)C1. The van der Waals surface area contributed by atoms with Crippen LogP contribution in [0.4, 0.5) is 0 Å². The first-order valence-corrected chi connectivity index (χ1v) is 4.95. The minimum Gasteiger partial charge on any atom is -0.394 e. The quantitative estimate of drug-likeness (QED) is 0.540. The average Bonchev–Trinajstić information content (AvgIpc) is 2.60. The van der Waals surface area contributed by atoms with Crippen LogP contribution in [0.3, 0.4) is 0 Å².